The third kappa shape index (κ3) is 5.22. The molecule has 6 heteroatoms. The normalized spacial score (nSPS) is 16.3. The van der Waals surface area contributed by atoms with Gasteiger partial charge >= 0.3 is 0 Å². The van der Waals surface area contributed by atoms with E-state index < -0.39 is 0 Å². The van der Waals surface area contributed by atoms with Crippen LogP contribution in [0.1, 0.15) is 12.5 Å². The van der Waals surface area contributed by atoms with E-state index in [-0.39, 0.29) is 11.2 Å². The van der Waals surface area contributed by atoms with Crippen LogP contribution in [-0.4, -0.2) is 54.3 Å². The quantitative estimate of drug-likeness (QED) is 0.792. The summed E-state index contributed by atoms with van der Waals surface area (Å²) in [5.74, 6) is 1.05. The average Bonchev–Trinajstić information content (AvgIpc) is 2.67. The van der Waals surface area contributed by atoms with E-state index in [9.17, 15) is 4.79 Å². The number of likely N-dealkylation sites (N-methyl/N-ethyl adjacent to an activating group) is 1. The SMILES string of the molecule is CC(Sc1ccccc1)C(=O)NCc1ccnc(N2CCN(C)CC2)c1. The summed E-state index contributed by atoms with van der Waals surface area (Å²) in [5.41, 5.74) is 1.08. The minimum absolute atomic E-state index is 0.0526. The Morgan fingerprint density at radius 3 is 2.65 bits per heavy atom. The maximum atomic E-state index is 12.4. The molecule has 1 aromatic carbocycles. The molecule has 2 aromatic rings. The first kappa shape index (κ1) is 18.7. The first-order chi connectivity index (χ1) is 12.6. The fourth-order valence-corrected chi connectivity index (χ4v) is 3.78. The first-order valence-corrected chi connectivity index (χ1v) is 9.87. The molecular formula is C20H26N4OS. The number of hydrogen-bond donors (Lipinski definition) is 1. The van der Waals surface area contributed by atoms with Crippen molar-refractivity contribution in [3.05, 3.63) is 54.2 Å². The van der Waals surface area contributed by atoms with E-state index in [1.54, 1.807) is 11.8 Å². The monoisotopic (exact) mass is 370 g/mol. The first-order valence-electron chi connectivity index (χ1n) is 8.99. The van der Waals surface area contributed by atoms with Crippen molar-refractivity contribution in [3.63, 3.8) is 0 Å². The third-order valence-electron chi connectivity index (χ3n) is 4.53. The Morgan fingerprint density at radius 1 is 1.19 bits per heavy atom. The van der Waals surface area contributed by atoms with Gasteiger partial charge in [0.05, 0.1) is 5.25 Å². The number of hydrogen-bond acceptors (Lipinski definition) is 5. The number of amides is 1. The zero-order chi connectivity index (χ0) is 18.4. The van der Waals surface area contributed by atoms with Gasteiger partial charge in [-0.3, -0.25) is 4.79 Å². The van der Waals surface area contributed by atoms with Crippen LogP contribution in [0.4, 0.5) is 5.82 Å². The van der Waals surface area contributed by atoms with Crippen LogP contribution in [0, 0.1) is 0 Å². The number of carbonyl (C=O) groups is 1. The van der Waals surface area contributed by atoms with Crippen LogP contribution in [0.2, 0.25) is 0 Å². The Kier molecular flexibility index (Phi) is 6.52. The van der Waals surface area contributed by atoms with Crippen molar-refractivity contribution in [3.8, 4) is 0 Å². The van der Waals surface area contributed by atoms with Crippen LogP contribution < -0.4 is 10.2 Å². The number of thioether (sulfide) groups is 1. The summed E-state index contributed by atoms with van der Waals surface area (Å²) in [7, 11) is 2.14. The summed E-state index contributed by atoms with van der Waals surface area (Å²) < 4.78 is 0. The van der Waals surface area contributed by atoms with Gasteiger partial charge in [-0.25, -0.2) is 4.98 Å². The number of piperazine rings is 1. The van der Waals surface area contributed by atoms with Crippen LogP contribution in [0.3, 0.4) is 0 Å². The molecule has 1 amide bonds. The second-order valence-electron chi connectivity index (χ2n) is 6.60. The molecular weight excluding hydrogens is 344 g/mol. The van der Waals surface area contributed by atoms with Crippen molar-refractivity contribution < 1.29 is 4.79 Å². The highest BCUT2D eigenvalue weighted by atomic mass is 32.2. The number of pyridine rings is 1. The van der Waals surface area contributed by atoms with E-state index in [1.807, 2.05) is 49.5 Å². The Hall–Kier alpha value is -2.05. The predicted octanol–water partition coefficient (Wildman–Crippen LogP) is 2.63. The lowest BCUT2D eigenvalue weighted by atomic mass is 10.2. The van der Waals surface area contributed by atoms with E-state index in [0.29, 0.717) is 6.54 Å². The number of nitrogens with one attached hydrogen (secondary N) is 1. The molecule has 0 spiro atoms. The predicted molar refractivity (Wildman–Crippen MR) is 108 cm³/mol. The lowest BCUT2D eigenvalue weighted by Gasteiger charge is -2.33. The van der Waals surface area contributed by atoms with Crippen LogP contribution in [0.15, 0.2) is 53.6 Å². The van der Waals surface area contributed by atoms with Crippen molar-refractivity contribution in [2.24, 2.45) is 0 Å². The van der Waals surface area contributed by atoms with Gasteiger partial charge in [0, 0.05) is 43.8 Å². The van der Waals surface area contributed by atoms with Gasteiger partial charge in [-0.05, 0) is 43.8 Å². The van der Waals surface area contributed by atoms with Gasteiger partial charge in [-0.2, -0.15) is 0 Å². The third-order valence-corrected chi connectivity index (χ3v) is 5.64. The van der Waals surface area contributed by atoms with Crippen LogP contribution in [0.25, 0.3) is 0 Å². The van der Waals surface area contributed by atoms with Crippen LogP contribution >= 0.6 is 11.8 Å². The molecule has 5 nitrogen and oxygen atoms in total. The molecule has 1 unspecified atom stereocenters. The summed E-state index contributed by atoms with van der Waals surface area (Å²) in [4.78, 5) is 22.6. The molecule has 1 atom stereocenters. The fourth-order valence-electron chi connectivity index (χ4n) is 2.87. The minimum Gasteiger partial charge on any atom is -0.354 e. The number of aromatic nitrogens is 1. The van der Waals surface area contributed by atoms with Crippen molar-refractivity contribution in [2.45, 2.75) is 23.6 Å². The number of nitrogens with zero attached hydrogens (tertiary/aromatic N) is 3. The molecule has 1 aromatic heterocycles. The molecule has 1 saturated heterocycles. The Morgan fingerprint density at radius 2 is 1.92 bits per heavy atom. The standard InChI is InChI=1S/C20H26N4OS/c1-16(26-18-6-4-3-5-7-18)20(25)22-15-17-8-9-21-19(14-17)24-12-10-23(2)11-13-24/h3-9,14,16H,10-13,15H2,1-2H3,(H,22,25). The van der Waals surface area contributed by atoms with Gasteiger partial charge in [-0.15, -0.1) is 11.8 Å². The number of rotatable bonds is 6. The second kappa shape index (κ2) is 9.05. The fraction of sp³-hybridized carbons (Fsp3) is 0.400. The molecule has 1 N–H and O–H groups in total. The zero-order valence-corrected chi connectivity index (χ0v) is 16.2. The Bertz CT molecular complexity index is 717. The number of carbonyl (C=O) groups excluding carboxylic acids is 1. The van der Waals surface area contributed by atoms with Crippen LogP contribution in [-0.2, 0) is 11.3 Å². The summed E-state index contributed by atoms with van der Waals surface area (Å²) in [6.07, 6.45) is 1.83. The average molecular weight is 371 g/mol. The van der Waals surface area contributed by atoms with Gasteiger partial charge < -0.3 is 15.1 Å². The maximum Gasteiger partial charge on any atom is 0.233 e. The molecule has 1 aliphatic rings. The van der Waals surface area contributed by atoms with Gasteiger partial charge in [0.2, 0.25) is 5.91 Å². The molecule has 0 saturated carbocycles. The van der Waals surface area contributed by atoms with Crippen molar-refractivity contribution in [1.29, 1.82) is 0 Å². The summed E-state index contributed by atoms with van der Waals surface area (Å²) in [6.45, 7) is 6.55. The van der Waals surface area contributed by atoms with Crippen LogP contribution in [0.5, 0.6) is 0 Å². The highest BCUT2D eigenvalue weighted by Crippen LogP contribution is 2.22. The summed E-state index contributed by atoms with van der Waals surface area (Å²) in [5, 5.41) is 2.91. The molecule has 1 fully saturated rings. The largest absolute Gasteiger partial charge is 0.354 e. The van der Waals surface area contributed by atoms with Gasteiger partial charge in [0.1, 0.15) is 5.82 Å². The minimum atomic E-state index is -0.128. The zero-order valence-electron chi connectivity index (χ0n) is 15.4. The van der Waals surface area contributed by atoms with Gasteiger partial charge in [-0.1, -0.05) is 18.2 Å². The lowest BCUT2D eigenvalue weighted by molar-refractivity contribution is -0.120. The Balaban J connectivity index is 1.52. The maximum absolute atomic E-state index is 12.4. The molecule has 138 valence electrons. The molecule has 0 aliphatic carbocycles. The van der Waals surface area contributed by atoms with Gasteiger partial charge in [0.25, 0.3) is 0 Å². The van der Waals surface area contributed by atoms with Crippen molar-refractivity contribution in [1.82, 2.24) is 15.2 Å². The van der Waals surface area contributed by atoms with E-state index in [2.05, 4.69) is 33.2 Å². The highest BCUT2D eigenvalue weighted by molar-refractivity contribution is 8.00. The topological polar surface area (TPSA) is 48.5 Å². The molecule has 1 aliphatic heterocycles. The smallest absolute Gasteiger partial charge is 0.233 e. The van der Waals surface area contributed by atoms with E-state index in [1.165, 1.54) is 0 Å². The molecule has 0 radical (unpaired) electrons. The second-order valence-corrected chi connectivity index (χ2v) is 8.02. The van der Waals surface area contributed by atoms with E-state index in [4.69, 9.17) is 0 Å². The number of anilines is 1. The van der Waals surface area contributed by atoms with Gasteiger partial charge in [0.15, 0.2) is 0 Å². The lowest BCUT2D eigenvalue weighted by Crippen LogP contribution is -2.44. The Labute approximate surface area is 159 Å². The summed E-state index contributed by atoms with van der Waals surface area (Å²) >= 11 is 1.58. The molecule has 26 heavy (non-hydrogen) atoms. The van der Waals surface area contributed by atoms with E-state index >= 15 is 0 Å². The molecule has 2 heterocycles. The highest BCUT2D eigenvalue weighted by Gasteiger charge is 2.16. The van der Waals surface area contributed by atoms with Crippen molar-refractivity contribution in [2.75, 3.05) is 38.1 Å². The van der Waals surface area contributed by atoms with E-state index in [0.717, 1.165) is 42.5 Å². The summed E-state index contributed by atoms with van der Waals surface area (Å²) in [6, 6.07) is 14.1. The number of benzene rings is 1. The molecule has 0 bridgehead atoms. The van der Waals surface area contributed by atoms with Crippen molar-refractivity contribution >= 4 is 23.5 Å². The molecule has 3 rings (SSSR count).